The Morgan fingerprint density at radius 1 is 0.984 bits per heavy atom. The molecule has 6 aliphatic rings. The number of carbonyl (C=O) groups excluding carboxylic acids is 2. The van der Waals surface area contributed by atoms with Gasteiger partial charge < -0.3 is 43.0 Å². The fourth-order valence-corrected chi connectivity index (χ4v) is 11.6. The van der Waals surface area contributed by atoms with Crippen molar-refractivity contribution in [3.8, 4) is 28.7 Å². The summed E-state index contributed by atoms with van der Waals surface area (Å²) < 4.78 is 46.6. The summed E-state index contributed by atoms with van der Waals surface area (Å²) in [5, 5.41) is 25.6. The van der Waals surface area contributed by atoms with E-state index in [0.29, 0.717) is 23.7 Å². The molecule has 0 saturated carbocycles. The topological polar surface area (TPSA) is 158 Å². The predicted octanol–water partition coefficient (Wildman–Crippen LogP) is 5.63. The van der Waals surface area contributed by atoms with E-state index >= 15 is 0 Å². The molecule has 14 nitrogen and oxygen atoms in total. The molecule has 62 heavy (non-hydrogen) atoms. The molecule has 3 aromatic carbocycles. The van der Waals surface area contributed by atoms with Crippen LogP contribution in [0.1, 0.15) is 53.1 Å². The number of methoxy groups -OCH3 is 3. The molecule has 4 heterocycles. The van der Waals surface area contributed by atoms with Crippen molar-refractivity contribution in [2.45, 2.75) is 68.4 Å². The third-order valence-electron chi connectivity index (χ3n) is 13.2. The maximum absolute atomic E-state index is 14.5. The zero-order valence-electron chi connectivity index (χ0n) is 35.5. The number of thioether (sulfide) groups is 1. The number of Topliss-reactive ketones (excluding diaryl/α,β-unsaturated/α-hetero) is 1. The van der Waals surface area contributed by atoms with E-state index < -0.39 is 41.5 Å². The van der Waals surface area contributed by atoms with Crippen LogP contribution in [0, 0.1) is 18.3 Å². The van der Waals surface area contributed by atoms with E-state index in [-0.39, 0.29) is 73.8 Å². The largest absolute Gasteiger partial charge is 0.493 e. The van der Waals surface area contributed by atoms with E-state index in [1.807, 2.05) is 43.1 Å². The quantitative estimate of drug-likeness (QED) is 0.0975. The van der Waals surface area contributed by atoms with Crippen LogP contribution in [0.3, 0.4) is 0 Å². The Labute approximate surface area is 364 Å². The van der Waals surface area contributed by atoms with Gasteiger partial charge in [-0.25, -0.2) is 4.79 Å². The number of rotatable bonds is 13. The molecule has 2 aliphatic carbocycles. The Hall–Kier alpha value is -5.34. The fourth-order valence-electron chi connectivity index (χ4n) is 10.7. The molecule has 0 radical (unpaired) electrons. The van der Waals surface area contributed by atoms with Crippen LogP contribution in [0.5, 0.6) is 11.5 Å². The van der Waals surface area contributed by atoms with Crippen LogP contribution in [0.4, 0.5) is 0 Å². The van der Waals surface area contributed by atoms with Crippen molar-refractivity contribution in [1.29, 1.82) is 5.26 Å². The van der Waals surface area contributed by atoms with Crippen LogP contribution in [0.15, 0.2) is 88.4 Å². The van der Waals surface area contributed by atoms with Gasteiger partial charge in [0.2, 0.25) is 12.6 Å². The number of fused-ring (bicyclic) bond motifs is 11. The minimum Gasteiger partial charge on any atom is -0.493 e. The monoisotopic (exact) mass is 863 g/mol. The second-order valence-electron chi connectivity index (χ2n) is 16.4. The van der Waals surface area contributed by atoms with Crippen LogP contribution in [-0.2, 0) is 44.4 Å². The summed E-state index contributed by atoms with van der Waals surface area (Å²) in [6, 6.07) is 18.0. The van der Waals surface area contributed by atoms with Gasteiger partial charge in [-0.05, 0) is 60.7 Å². The number of ketones is 1. The van der Waals surface area contributed by atoms with Crippen molar-refractivity contribution in [2.24, 2.45) is 0 Å². The number of likely N-dealkylation sites (N-methyl/N-ethyl adjacent to an activating group) is 1. The zero-order valence-corrected chi connectivity index (χ0v) is 36.3. The highest BCUT2D eigenvalue weighted by Gasteiger charge is 2.64. The van der Waals surface area contributed by atoms with Gasteiger partial charge in [0.05, 0.1) is 25.3 Å². The van der Waals surface area contributed by atoms with E-state index in [0.717, 1.165) is 16.7 Å². The maximum Gasteiger partial charge on any atom is 0.374 e. The van der Waals surface area contributed by atoms with Gasteiger partial charge in [-0.15, -0.1) is 11.8 Å². The maximum atomic E-state index is 14.5. The average molecular weight is 864 g/mol. The Morgan fingerprint density at radius 2 is 1.68 bits per heavy atom. The molecule has 3 saturated heterocycles. The number of hydrogen-bond acceptors (Lipinski definition) is 15. The molecule has 0 spiro atoms. The van der Waals surface area contributed by atoms with Crippen molar-refractivity contribution in [3.05, 3.63) is 116 Å². The second-order valence-corrected chi connectivity index (χ2v) is 17.3. The highest BCUT2D eigenvalue weighted by molar-refractivity contribution is 8.02. The van der Waals surface area contributed by atoms with Crippen molar-refractivity contribution in [1.82, 2.24) is 9.80 Å². The molecular weight excluding hydrogens is 815 g/mol. The number of esters is 1. The Morgan fingerprint density at radius 3 is 2.35 bits per heavy atom. The van der Waals surface area contributed by atoms with Crippen LogP contribution < -0.4 is 9.47 Å². The summed E-state index contributed by atoms with van der Waals surface area (Å²) in [5.41, 5.74) is 5.77. The van der Waals surface area contributed by atoms with E-state index in [4.69, 9.17) is 37.9 Å². The SMILES string of the molecule is COCOC(=CSCC1c2ccccc2-c2ccccc21)C(=O)OC[C@H]1C2=C3OCOC3=C(C)C(=O)[C@@]2(O)CC2[C@H]3c4c(cc(C)c(OC)c4OCOC)C[C@@H]([C@H](C#N)N21)N3C. The molecule has 4 aliphatic heterocycles. The van der Waals surface area contributed by atoms with E-state index in [1.165, 1.54) is 48.2 Å². The lowest BCUT2D eigenvalue weighted by Gasteiger charge is -2.62. The lowest BCUT2D eigenvalue weighted by molar-refractivity contribution is -0.159. The molecule has 15 heteroatoms. The van der Waals surface area contributed by atoms with Crippen molar-refractivity contribution >= 4 is 23.5 Å². The van der Waals surface area contributed by atoms with Crippen LogP contribution in [0.25, 0.3) is 11.1 Å². The summed E-state index contributed by atoms with van der Waals surface area (Å²) >= 11 is 1.42. The third-order valence-corrected chi connectivity index (χ3v) is 14.1. The van der Waals surface area contributed by atoms with E-state index in [1.54, 1.807) is 19.4 Å². The number of benzene rings is 3. The molecule has 1 N–H and O–H groups in total. The summed E-state index contributed by atoms with van der Waals surface area (Å²) in [6.45, 7) is 2.75. The highest BCUT2D eigenvalue weighted by Crippen LogP contribution is 2.57. The smallest absolute Gasteiger partial charge is 0.374 e. The number of nitriles is 1. The molecule has 0 amide bonds. The van der Waals surface area contributed by atoms with Crippen LogP contribution in [-0.4, -0.2) is 118 Å². The Balaban J connectivity index is 1.09. The minimum atomic E-state index is -2.10. The van der Waals surface area contributed by atoms with Gasteiger partial charge in [0, 0.05) is 66.5 Å². The summed E-state index contributed by atoms with van der Waals surface area (Å²) in [4.78, 5) is 32.9. The number of aryl methyl sites for hydroxylation is 1. The minimum absolute atomic E-state index is 0.0524. The summed E-state index contributed by atoms with van der Waals surface area (Å²) in [5.74, 6) is 0.777. The lowest BCUT2D eigenvalue weighted by Crippen LogP contribution is -2.74. The fraction of sp³-hybridized carbons (Fsp3) is 0.426. The van der Waals surface area contributed by atoms with Gasteiger partial charge >= 0.3 is 5.97 Å². The van der Waals surface area contributed by atoms with Crippen LogP contribution >= 0.6 is 11.8 Å². The molecule has 3 fully saturated rings. The molecule has 3 aromatic rings. The first-order chi connectivity index (χ1) is 30.1. The first kappa shape index (κ1) is 42.0. The van der Waals surface area contributed by atoms with Gasteiger partial charge in [0.1, 0.15) is 12.6 Å². The first-order valence-electron chi connectivity index (χ1n) is 20.6. The van der Waals surface area contributed by atoms with E-state index in [2.05, 4.69) is 41.3 Å². The third kappa shape index (κ3) is 6.58. The first-order valence-corrected chi connectivity index (χ1v) is 21.6. The zero-order chi connectivity index (χ0) is 43.4. The normalized spacial score (nSPS) is 26.3. The average Bonchev–Trinajstić information content (AvgIpc) is 3.88. The summed E-state index contributed by atoms with van der Waals surface area (Å²) in [7, 11) is 6.53. The van der Waals surface area contributed by atoms with Crippen LogP contribution in [0.2, 0.25) is 0 Å². The molecule has 6 atom stereocenters. The van der Waals surface area contributed by atoms with Gasteiger partial charge in [0.25, 0.3) is 0 Å². The highest BCUT2D eigenvalue weighted by atomic mass is 32.2. The summed E-state index contributed by atoms with van der Waals surface area (Å²) in [6.07, 6.45) is 0.378. The molecule has 2 bridgehead atoms. The molecule has 1 unspecified atom stereocenters. The van der Waals surface area contributed by atoms with Crippen molar-refractivity contribution in [2.75, 3.05) is 61.1 Å². The van der Waals surface area contributed by atoms with E-state index in [9.17, 15) is 20.0 Å². The van der Waals surface area contributed by atoms with Gasteiger partial charge in [0.15, 0.2) is 48.0 Å². The molecule has 324 valence electrons. The molecule has 9 rings (SSSR count). The molecule has 0 aromatic heterocycles. The number of piperazine rings is 1. The van der Waals surface area contributed by atoms with Gasteiger partial charge in [-0.3, -0.25) is 14.6 Å². The van der Waals surface area contributed by atoms with Crippen molar-refractivity contribution < 1.29 is 52.6 Å². The van der Waals surface area contributed by atoms with Gasteiger partial charge in [-0.1, -0.05) is 54.6 Å². The number of aliphatic hydroxyl groups is 1. The Kier molecular flexibility index (Phi) is 11.3. The van der Waals surface area contributed by atoms with Gasteiger partial charge in [-0.2, -0.15) is 5.26 Å². The number of carbonyl (C=O) groups is 2. The lowest BCUT2D eigenvalue weighted by atomic mass is 9.65. The standard InChI is InChI=1S/C47H49N3O11S/c1-25-15-27-16-33-35(18-48)50-34(40(49(33)3)38(27)43(41(25)56-6)59-23-55-5)17-47(53)39(44-42(60-24-61-44)26(2)45(47)51)36(50)19-57-46(52)37(58-22-54-4)21-62-20-32-30-13-9-7-11-28(30)29-12-8-10-14-31(29)32/h7-15,21,32-36,40,53H,16-17,19-20,22-24H2,1-6H3/t33-,34?,35-,36-,40-,47+/m0/s1. The Bertz CT molecular complexity index is 2410. The number of hydrogen-bond donors (Lipinski definition) is 1. The second kappa shape index (κ2) is 16.7. The predicted molar refractivity (Wildman–Crippen MR) is 227 cm³/mol. The number of nitrogens with zero attached hydrogens (tertiary/aromatic N) is 3. The number of piperidine rings is 1. The molecular formula is C47H49N3O11S. The number of ether oxygens (including phenoxy) is 8. The van der Waals surface area contributed by atoms with Crippen molar-refractivity contribution in [3.63, 3.8) is 0 Å².